The summed E-state index contributed by atoms with van der Waals surface area (Å²) in [6, 6.07) is 11.9. The van der Waals surface area contributed by atoms with Gasteiger partial charge < -0.3 is 15.1 Å². The van der Waals surface area contributed by atoms with Crippen molar-refractivity contribution in [3.63, 3.8) is 0 Å². The minimum Gasteiger partial charge on any atom is -0.378 e. The van der Waals surface area contributed by atoms with Gasteiger partial charge in [0, 0.05) is 33.4 Å². The molecule has 0 aliphatic rings. The van der Waals surface area contributed by atoms with Crippen LogP contribution in [0.15, 0.2) is 48.5 Å². The Kier molecular flexibility index (Phi) is 6.36. The van der Waals surface area contributed by atoms with Gasteiger partial charge in [-0.3, -0.25) is 0 Å². The van der Waals surface area contributed by atoms with E-state index >= 15 is 0 Å². The molecule has 0 spiro atoms. The minimum absolute atomic E-state index is 0.350. The number of nitrogens with zero attached hydrogens (tertiary/aromatic N) is 2. The molecule has 27 heavy (non-hydrogen) atoms. The van der Waals surface area contributed by atoms with Crippen molar-refractivity contribution in [2.75, 3.05) is 26.0 Å². The highest BCUT2D eigenvalue weighted by Crippen LogP contribution is 2.30. The summed E-state index contributed by atoms with van der Waals surface area (Å²) in [6.45, 7) is 2.06. The van der Waals surface area contributed by atoms with Crippen molar-refractivity contribution < 1.29 is 18.0 Å². The zero-order valence-corrected chi connectivity index (χ0v) is 15.8. The zero-order chi connectivity index (χ0) is 20.2. The fourth-order valence-corrected chi connectivity index (χ4v) is 2.61. The number of hydrogen-bond acceptors (Lipinski definition) is 2. The average Bonchev–Trinajstić information content (AvgIpc) is 2.61. The second-order valence-electron chi connectivity index (χ2n) is 6.71. The number of alkyl halides is 3. The van der Waals surface area contributed by atoms with E-state index in [1.807, 2.05) is 43.3 Å². The molecule has 146 valence electrons. The van der Waals surface area contributed by atoms with Gasteiger partial charge in [0.15, 0.2) is 0 Å². The van der Waals surface area contributed by atoms with E-state index in [0.717, 1.165) is 23.4 Å². The van der Waals surface area contributed by atoms with Crippen LogP contribution in [-0.4, -0.2) is 32.1 Å². The number of halogens is 3. The normalized spacial score (nSPS) is 12.4. The molecular weight excluding hydrogens is 355 g/mol. The number of nitrogens with one attached hydrogen (secondary N) is 1. The van der Waals surface area contributed by atoms with Gasteiger partial charge in [0.2, 0.25) is 0 Å². The van der Waals surface area contributed by atoms with Crippen LogP contribution in [0.25, 0.3) is 0 Å². The molecule has 1 unspecified atom stereocenters. The van der Waals surface area contributed by atoms with Gasteiger partial charge in [0.05, 0.1) is 11.6 Å². The summed E-state index contributed by atoms with van der Waals surface area (Å²) in [4.78, 5) is 15.9. The maximum atomic E-state index is 12.8. The Labute approximate surface area is 157 Å². The molecule has 0 aliphatic heterocycles. The van der Waals surface area contributed by atoms with Gasteiger partial charge in [0.25, 0.3) is 0 Å². The third kappa shape index (κ3) is 5.64. The molecule has 1 atom stereocenters. The van der Waals surface area contributed by atoms with Crippen molar-refractivity contribution >= 4 is 11.7 Å². The highest BCUT2D eigenvalue weighted by Gasteiger charge is 2.30. The number of benzene rings is 2. The highest BCUT2D eigenvalue weighted by molar-refractivity contribution is 5.74. The number of carbonyl (C=O) groups is 1. The fraction of sp³-hybridized carbons (Fsp3) is 0.350. The molecule has 0 saturated heterocycles. The molecule has 4 nitrogen and oxygen atoms in total. The van der Waals surface area contributed by atoms with Gasteiger partial charge in [-0.15, -0.1) is 0 Å². The topological polar surface area (TPSA) is 35.6 Å². The Morgan fingerprint density at radius 2 is 1.70 bits per heavy atom. The van der Waals surface area contributed by atoms with Crippen LogP contribution < -0.4 is 10.2 Å². The van der Waals surface area contributed by atoms with E-state index in [1.54, 1.807) is 20.0 Å². The van der Waals surface area contributed by atoms with Crippen molar-refractivity contribution in [2.45, 2.75) is 25.7 Å². The van der Waals surface area contributed by atoms with Crippen LogP contribution >= 0.6 is 0 Å². The van der Waals surface area contributed by atoms with Crippen molar-refractivity contribution in [3.05, 3.63) is 65.2 Å². The van der Waals surface area contributed by atoms with Crippen molar-refractivity contribution in [3.8, 4) is 0 Å². The lowest BCUT2D eigenvalue weighted by Crippen LogP contribution is -2.38. The number of hydrogen-bond donors (Lipinski definition) is 1. The Bertz CT molecular complexity index is 773. The van der Waals surface area contributed by atoms with Crippen molar-refractivity contribution in [1.82, 2.24) is 10.2 Å². The summed E-state index contributed by atoms with van der Waals surface area (Å²) >= 11 is 0. The van der Waals surface area contributed by atoms with Gasteiger partial charge >= 0.3 is 12.2 Å². The highest BCUT2D eigenvalue weighted by atomic mass is 19.4. The lowest BCUT2D eigenvalue weighted by molar-refractivity contribution is -0.137. The number of urea groups is 1. The predicted octanol–water partition coefficient (Wildman–Crippen LogP) is 4.67. The maximum Gasteiger partial charge on any atom is 0.416 e. The second kappa shape index (κ2) is 8.33. The Balaban J connectivity index is 1.99. The van der Waals surface area contributed by atoms with Gasteiger partial charge in [-0.05, 0) is 42.3 Å². The van der Waals surface area contributed by atoms with E-state index in [1.165, 1.54) is 11.0 Å². The minimum atomic E-state index is -4.41. The molecule has 0 bridgehead atoms. The predicted molar refractivity (Wildman–Crippen MR) is 101 cm³/mol. The van der Waals surface area contributed by atoms with Gasteiger partial charge in [-0.25, -0.2) is 4.79 Å². The molecule has 7 heteroatoms. The smallest absolute Gasteiger partial charge is 0.378 e. The summed E-state index contributed by atoms with van der Waals surface area (Å²) in [5, 5.41) is 2.74. The SMILES string of the molecule is CC(NC(=O)N(C)Cc1ccc(N(C)C)cc1)c1cccc(C(F)(F)F)c1. The second-order valence-corrected chi connectivity index (χ2v) is 6.71. The average molecular weight is 379 g/mol. The standard InChI is InChI=1S/C20H24F3N3O/c1-14(16-6-5-7-17(12-16)20(21,22)23)24-19(27)26(4)13-15-8-10-18(11-9-15)25(2)3/h5-12,14H,13H2,1-4H3,(H,24,27). The van der Waals surface area contributed by atoms with Gasteiger partial charge in [-0.2, -0.15) is 13.2 Å². The van der Waals surface area contributed by atoms with Crippen LogP contribution in [0.5, 0.6) is 0 Å². The lowest BCUT2D eigenvalue weighted by atomic mass is 10.1. The molecule has 0 saturated carbocycles. The Hall–Kier alpha value is -2.70. The van der Waals surface area contributed by atoms with Crippen molar-refractivity contribution in [2.24, 2.45) is 0 Å². The molecule has 2 rings (SSSR count). The summed E-state index contributed by atoms with van der Waals surface area (Å²) in [5.41, 5.74) is 1.70. The molecule has 0 heterocycles. The van der Waals surface area contributed by atoms with Crippen LogP contribution in [0.4, 0.5) is 23.7 Å². The van der Waals surface area contributed by atoms with Crippen LogP contribution in [0.3, 0.4) is 0 Å². The van der Waals surface area contributed by atoms with Gasteiger partial charge in [0.1, 0.15) is 0 Å². The third-order valence-electron chi connectivity index (χ3n) is 4.27. The van der Waals surface area contributed by atoms with E-state index in [9.17, 15) is 18.0 Å². The first kappa shape index (κ1) is 20.6. The van der Waals surface area contributed by atoms with E-state index in [4.69, 9.17) is 0 Å². The number of amides is 2. The molecule has 0 radical (unpaired) electrons. The number of rotatable bonds is 5. The molecule has 2 aromatic rings. The molecule has 2 amide bonds. The summed E-state index contributed by atoms with van der Waals surface area (Å²) < 4.78 is 38.5. The summed E-state index contributed by atoms with van der Waals surface area (Å²) in [6.07, 6.45) is -4.41. The summed E-state index contributed by atoms with van der Waals surface area (Å²) in [7, 11) is 5.54. The molecule has 0 aromatic heterocycles. The fourth-order valence-electron chi connectivity index (χ4n) is 2.61. The summed E-state index contributed by atoms with van der Waals surface area (Å²) in [5.74, 6) is 0. The zero-order valence-electron chi connectivity index (χ0n) is 15.8. The van der Waals surface area contributed by atoms with Crippen molar-refractivity contribution in [1.29, 1.82) is 0 Å². The first-order chi connectivity index (χ1) is 12.6. The lowest BCUT2D eigenvalue weighted by Gasteiger charge is -2.22. The third-order valence-corrected chi connectivity index (χ3v) is 4.27. The largest absolute Gasteiger partial charge is 0.416 e. The number of carbonyl (C=O) groups excluding carboxylic acids is 1. The van der Waals surface area contributed by atoms with Crippen LogP contribution in [-0.2, 0) is 12.7 Å². The molecular formula is C20H24F3N3O. The van der Waals surface area contributed by atoms with E-state index in [-0.39, 0.29) is 6.03 Å². The van der Waals surface area contributed by atoms with E-state index < -0.39 is 17.8 Å². The first-order valence-corrected chi connectivity index (χ1v) is 8.53. The van der Waals surface area contributed by atoms with E-state index in [2.05, 4.69) is 5.32 Å². The Morgan fingerprint density at radius 1 is 1.07 bits per heavy atom. The molecule has 0 aliphatic carbocycles. The quantitative estimate of drug-likeness (QED) is 0.819. The monoisotopic (exact) mass is 379 g/mol. The van der Waals surface area contributed by atoms with Gasteiger partial charge in [-0.1, -0.05) is 24.3 Å². The molecule has 1 N–H and O–H groups in total. The Morgan fingerprint density at radius 3 is 2.26 bits per heavy atom. The molecule has 0 fully saturated rings. The van der Waals surface area contributed by atoms with Crippen LogP contribution in [0.1, 0.15) is 29.7 Å². The van der Waals surface area contributed by atoms with E-state index in [0.29, 0.717) is 12.1 Å². The maximum absolute atomic E-state index is 12.8. The van der Waals surface area contributed by atoms with Crippen LogP contribution in [0, 0.1) is 0 Å². The number of anilines is 1. The van der Waals surface area contributed by atoms with Crippen LogP contribution in [0.2, 0.25) is 0 Å². The molecule has 2 aromatic carbocycles. The first-order valence-electron chi connectivity index (χ1n) is 8.53.